The van der Waals surface area contributed by atoms with Crippen molar-refractivity contribution in [3.8, 4) is 11.8 Å². The zero-order valence-corrected chi connectivity index (χ0v) is 13.3. The van der Waals surface area contributed by atoms with Crippen molar-refractivity contribution in [1.29, 1.82) is 0 Å². The van der Waals surface area contributed by atoms with Crippen LogP contribution in [0.15, 0.2) is 11.0 Å². The van der Waals surface area contributed by atoms with Crippen LogP contribution in [-0.2, 0) is 4.74 Å². The van der Waals surface area contributed by atoms with Crippen LogP contribution >= 0.6 is 11.6 Å². The second-order valence-electron chi connectivity index (χ2n) is 5.39. The average molecular weight is 375 g/mol. The van der Waals surface area contributed by atoms with Crippen LogP contribution in [0.4, 0.5) is 14.7 Å². The van der Waals surface area contributed by atoms with Crippen molar-refractivity contribution in [2.45, 2.75) is 23.3 Å². The molecule has 0 amide bonds. The van der Waals surface area contributed by atoms with Gasteiger partial charge in [0.2, 0.25) is 5.95 Å². The summed E-state index contributed by atoms with van der Waals surface area (Å²) < 4.78 is 33.2. The molecule has 1 aliphatic rings. The summed E-state index contributed by atoms with van der Waals surface area (Å²) in [4.78, 5) is 16.0. The van der Waals surface area contributed by atoms with E-state index in [1.807, 2.05) is 0 Å². The van der Waals surface area contributed by atoms with Crippen molar-refractivity contribution in [1.82, 2.24) is 14.5 Å². The van der Waals surface area contributed by atoms with Crippen LogP contribution in [0.3, 0.4) is 0 Å². The summed E-state index contributed by atoms with van der Waals surface area (Å²) in [5.41, 5.74) is 4.48. The van der Waals surface area contributed by atoms with Crippen LogP contribution in [0.2, 0.25) is 0 Å². The van der Waals surface area contributed by atoms with E-state index in [2.05, 4.69) is 21.8 Å². The molecule has 11 heteroatoms. The van der Waals surface area contributed by atoms with Gasteiger partial charge in [0, 0.05) is 6.20 Å². The molecule has 1 fully saturated rings. The number of nitrogens with zero attached hydrogens (tertiary/aromatic N) is 2. The summed E-state index contributed by atoms with van der Waals surface area (Å²) in [6.07, 6.45) is -3.14. The summed E-state index contributed by atoms with van der Waals surface area (Å²) >= 11 is 6.35. The summed E-state index contributed by atoms with van der Waals surface area (Å²) in [6.45, 7) is -1.65. The van der Waals surface area contributed by atoms with E-state index in [0.29, 0.717) is 0 Å². The first-order chi connectivity index (χ1) is 11.8. The Balaban J connectivity index is 2.23. The molecular weight excluding hydrogens is 362 g/mol. The summed E-state index contributed by atoms with van der Waals surface area (Å²) in [7, 11) is 0. The lowest BCUT2D eigenvalue weighted by atomic mass is 9.99. The van der Waals surface area contributed by atoms with Gasteiger partial charge in [-0.1, -0.05) is 23.4 Å². The van der Waals surface area contributed by atoms with Crippen LogP contribution < -0.4 is 11.3 Å². The second kappa shape index (κ2) is 6.27. The van der Waals surface area contributed by atoms with Gasteiger partial charge in [0.1, 0.15) is 24.3 Å². The van der Waals surface area contributed by atoms with E-state index >= 15 is 0 Å². The van der Waals surface area contributed by atoms with E-state index in [4.69, 9.17) is 22.1 Å². The first-order valence-electron chi connectivity index (χ1n) is 7.08. The minimum Gasteiger partial charge on any atom is -0.394 e. The minimum atomic E-state index is -1.91. The third-order valence-electron chi connectivity index (χ3n) is 3.88. The molecule has 0 bridgehead atoms. The lowest BCUT2D eigenvalue weighted by Crippen LogP contribution is -2.41. The number of aliphatic hydroxyl groups is 2. The Morgan fingerprint density at radius 1 is 1.60 bits per heavy atom. The molecule has 3 rings (SSSR count). The molecule has 8 nitrogen and oxygen atoms in total. The third kappa shape index (κ3) is 2.65. The molecule has 1 aliphatic heterocycles. The lowest BCUT2D eigenvalue weighted by molar-refractivity contribution is -0.0436. The fourth-order valence-electron chi connectivity index (χ4n) is 2.78. The van der Waals surface area contributed by atoms with Crippen molar-refractivity contribution >= 4 is 28.6 Å². The Kier molecular flexibility index (Phi) is 4.42. The highest BCUT2D eigenvalue weighted by atomic mass is 35.5. The molecule has 5 N–H and O–H groups in total. The first kappa shape index (κ1) is 17.6. The van der Waals surface area contributed by atoms with Crippen molar-refractivity contribution in [2.24, 2.45) is 0 Å². The topological polar surface area (TPSA) is 126 Å². The molecule has 2 aromatic rings. The molecular formula is C14H13ClF2N4O4. The van der Waals surface area contributed by atoms with Gasteiger partial charge in [0.15, 0.2) is 22.6 Å². The van der Waals surface area contributed by atoms with E-state index in [9.17, 15) is 23.8 Å². The molecule has 0 saturated carbocycles. The van der Waals surface area contributed by atoms with Crippen LogP contribution in [-0.4, -0.2) is 55.1 Å². The number of fused-ring (bicyclic) bond motifs is 1. The van der Waals surface area contributed by atoms with Gasteiger partial charge in [-0.3, -0.25) is 14.3 Å². The average Bonchev–Trinajstić information content (AvgIpc) is 3.01. The SMILES string of the molecule is Nc1nc2c(c(F)cn2[C@@H]2O[C@H](CO)[C@H](O)C2(Cl)C#CCF)c(=O)[nH]1. The van der Waals surface area contributed by atoms with E-state index in [1.54, 1.807) is 0 Å². The molecule has 1 unspecified atom stereocenters. The van der Waals surface area contributed by atoms with Crippen LogP contribution in [0.25, 0.3) is 11.0 Å². The predicted octanol–water partition coefficient (Wildman–Crippen LogP) is -0.353. The highest BCUT2D eigenvalue weighted by Crippen LogP contribution is 2.44. The Hall–Kier alpha value is -2.19. The molecule has 0 spiro atoms. The van der Waals surface area contributed by atoms with Gasteiger partial charge in [-0.25, -0.2) is 8.78 Å². The van der Waals surface area contributed by atoms with Gasteiger partial charge in [-0.15, -0.1) is 0 Å². The number of nitrogen functional groups attached to an aromatic ring is 1. The largest absolute Gasteiger partial charge is 0.394 e. The van der Waals surface area contributed by atoms with Crippen LogP contribution in [0.1, 0.15) is 6.23 Å². The quantitative estimate of drug-likeness (QED) is 0.420. The molecule has 4 atom stereocenters. The van der Waals surface area contributed by atoms with E-state index in [1.165, 1.54) is 0 Å². The normalized spacial score (nSPS) is 28.9. The second-order valence-corrected chi connectivity index (χ2v) is 6.02. The first-order valence-corrected chi connectivity index (χ1v) is 7.46. The summed E-state index contributed by atoms with van der Waals surface area (Å²) in [6, 6.07) is 0. The van der Waals surface area contributed by atoms with Gasteiger partial charge >= 0.3 is 0 Å². The fourth-order valence-corrected chi connectivity index (χ4v) is 3.14. The van der Waals surface area contributed by atoms with Gasteiger partial charge in [-0.2, -0.15) is 4.98 Å². The van der Waals surface area contributed by atoms with Gasteiger partial charge < -0.3 is 20.7 Å². The number of nitrogens with two attached hydrogens (primary N) is 1. The van der Waals surface area contributed by atoms with Crippen molar-refractivity contribution in [3.63, 3.8) is 0 Å². The number of anilines is 1. The number of nitrogens with one attached hydrogen (secondary N) is 1. The molecule has 0 aromatic carbocycles. The van der Waals surface area contributed by atoms with Crippen molar-refractivity contribution in [2.75, 3.05) is 19.0 Å². The molecule has 25 heavy (non-hydrogen) atoms. The van der Waals surface area contributed by atoms with Gasteiger partial charge in [0.05, 0.1) is 6.61 Å². The maximum absolute atomic E-state index is 14.2. The number of ether oxygens (including phenoxy) is 1. The van der Waals surface area contributed by atoms with Crippen LogP contribution in [0.5, 0.6) is 0 Å². The van der Waals surface area contributed by atoms with Gasteiger partial charge in [0.25, 0.3) is 5.56 Å². The molecule has 0 radical (unpaired) electrons. The van der Waals surface area contributed by atoms with E-state index in [-0.39, 0.29) is 11.6 Å². The Bertz CT molecular complexity index is 937. The number of alkyl halides is 2. The highest BCUT2D eigenvalue weighted by molar-refractivity contribution is 6.27. The zero-order valence-electron chi connectivity index (χ0n) is 12.5. The predicted molar refractivity (Wildman–Crippen MR) is 84.1 cm³/mol. The number of H-pyrrole nitrogens is 1. The molecule has 2 aromatic heterocycles. The molecule has 1 saturated heterocycles. The zero-order chi connectivity index (χ0) is 18.4. The maximum atomic E-state index is 14.2. The standard InChI is InChI=1S/C14H13ClF2N4O4/c15-14(2-1-3-16)9(23)7(5-22)25-12(14)21-4-6(17)8-10(21)19-13(18)20-11(8)24/h4,7,9,12,22-23H,3,5H2,(H3,18,19,20,24)/t7-,9+,12-,14?/m1/s1. The number of aromatic nitrogens is 3. The van der Waals surface area contributed by atoms with Crippen LogP contribution in [0, 0.1) is 17.7 Å². The van der Waals surface area contributed by atoms with Crippen molar-refractivity contribution in [3.05, 3.63) is 22.4 Å². The number of hydrogen-bond acceptors (Lipinski definition) is 6. The third-order valence-corrected chi connectivity index (χ3v) is 4.38. The number of aliphatic hydroxyl groups excluding tert-OH is 2. The number of aromatic amines is 1. The lowest BCUT2D eigenvalue weighted by Gasteiger charge is -2.25. The number of hydrogen-bond donors (Lipinski definition) is 4. The highest BCUT2D eigenvalue weighted by Gasteiger charge is 2.56. The van der Waals surface area contributed by atoms with E-state index < -0.39 is 53.4 Å². The summed E-state index contributed by atoms with van der Waals surface area (Å²) in [5, 5.41) is 19.2. The number of halogens is 3. The van der Waals surface area contributed by atoms with E-state index in [0.717, 1.165) is 10.8 Å². The minimum absolute atomic E-state index is 0.193. The molecule has 0 aliphatic carbocycles. The Morgan fingerprint density at radius 2 is 2.32 bits per heavy atom. The maximum Gasteiger partial charge on any atom is 0.264 e. The smallest absolute Gasteiger partial charge is 0.264 e. The molecule has 3 heterocycles. The Labute approximate surface area is 144 Å². The summed E-state index contributed by atoms with van der Waals surface area (Å²) in [5.74, 6) is 3.23. The fraction of sp³-hybridized carbons (Fsp3) is 0.429. The van der Waals surface area contributed by atoms with Gasteiger partial charge in [-0.05, 0) is 0 Å². The Morgan fingerprint density at radius 3 is 2.96 bits per heavy atom. The number of rotatable bonds is 2. The monoisotopic (exact) mass is 374 g/mol. The molecule has 134 valence electrons. The van der Waals surface area contributed by atoms with Crippen molar-refractivity contribution < 1.29 is 23.7 Å².